The van der Waals surface area contributed by atoms with Crippen LogP contribution in [0.25, 0.3) is 0 Å². The van der Waals surface area contributed by atoms with E-state index in [4.69, 9.17) is 14.2 Å². The molecule has 6 heteroatoms. The highest BCUT2D eigenvalue weighted by molar-refractivity contribution is 5.99. The first-order valence-corrected chi connectivity index (χ1v) is 9.65. The molecule has 1 aromatic carbocycles. The number of fused-ring (bicyclic) bond motifs is 1. The second-order valence-corrected chi connectivity index (χ2v) is 7.23. The molecule has 6 nitrogen and oxygen atoms in total. The number of hydrogen-bond donors (Lipinski definition) is 0. The summed E-state index contributed by atoms with van der Waals surface area (Å²) < 4.78 is 19.0. The average molecular weight is 385 g/mol. The summed E-state index contributed by atoms with van der Waals surface area (Å²) in [5.74, 6) is 0.748. The molecule has 1 aliphatic heterocycles. The Labute approximate surface area is 165 Å². The number of esters is 1. The fraction of sp³-hybridized carbons (Fsp3) is 0.455. The monoisotopic (exact) mass is 385 g/mol. The summed E-state index contributed by atoms with van der Waals surface area (Å²) in [6.45, 7) is 8.35. The molecule has 0 bridgehead atoms. The Balaban J connectivity index is 1.67. The van der Waals surface area contributed by atoms with Gasteiger partial charge >= 0.3 is 5.97 Å². The van der Waals surface area contributed by atoms with Gasteiger partial charge in [-0.05, 0) is 38.5 Å². The van der Waals surface area contributed by atoms with Gasteiger partial charge in [-0.1, -0.05) is 26.0 Å². The molecular weight excluding hydrogens is 358 g/mol. The van der Waals surface area contributed by atoms with Gasteiger partial charge in [-0.2, -0.15) is 0 Å². The first kappa shape index (κ1) is 20.0. The van der Waals surface area contributed by atoms with E-state index in [1.54, 1.807) is 6.92 Å². The number of carbonyl (C=O) groups is 2. The quantitative estimate of drug-likeness (QED) is 0.537. The number of rotatable bonds is 7. The normalized spacial score (nSPS) is 16.5. The molecule has 1 aliphatic rings. The van der Waals surface area contributed by atoms with Gasteiger partial charge in [0.25, 0.3) is 0 Å². The minimum atomic E-state index is -0.337. The molecule has 2 atom stereocenters. The van der Waals surface area contributed by atoms with E-state index >= 15 is 0 Å². The SMILES string of the molecule is CCC(C)C(=O)OCC(=O)c1cc(C)n(CC2COc3ccccc3O2)c1C. The lowest BCUT2D eigenvalue weighted by molar-refractivity contribution is -0.146. The Morgan fingerprint density at radius 3 is 2.68 bits per heavy atom. The number of benzene rings is 1. The summed E-state index contributed by atoms with van der Waals surface area (Å²) in [4.78, 5) is 24.4. The third kappa shape index (κ3) is 4.21. The van der Waals surface area contributed by atoms with Crippen LogP contribution in [0.4, 0.5) is 0 Å². The predicted octanol–water partition coefficient (Wildman–Crippen LogP) is 3.72. The van der Waals surface area contributed by atoms with Crippen molar-refractivity contribution in [1.29, 1.82) is 0 Å². The molecule has 0 fully saturated rings. The number of para-hydroxylation sites is 2. The smallest absolute Gasteiger partial charge is 0.309 e. The number of ketones is 1. The number of Topliss-reactive ketones (excluding diaryl/α,β-unsaturated/α-hetero) is 1. The molecule has 0 saturated heterocycles. The summed E-state index contributed by atoms with van der Waals surface area (Å²) in [5, 5.41) is 0. The summed E-state index contributed by atoms with van der Waals surface area (Å²) in [5.41, 5.74) is 2.37. The molecule has 0 N–H and O–H groups in total. The zero-order valence-electron chi connectivity index (χ0n) is 16.9. The van der Waals surface area contributed by atoms with E-state index in [0.29, 0.717) is 25.1 Å². The number of hydrogen-bond acceptors (Lipinski definition) is 5. The number of carbonyl (C=O) groups excluding carboxylic acids is 2. The average Bonchev–Trinajstić information content (AvgIpc) is 2.99. The molecule has 3 rings (SSSR count). The van der Waals surface area contributed by atoms with Crippen LogP contribution in [0.3, 0.4) is 0 Å². The van der Waals surface area contributed by atoms with Crippen molar-refractivity contribution in [2.75, 3.05) is 13.2 Å². The molecule has 0 aliphatic carbocycles. The van der Waals surface area contributed by atoms with Crippen molar-refractivity contribution in [2.45, 2.75) is 46.8 Å². The number of nitrogens with zero attached hydrogens (tertiary/aromatic N) is 1. The van der Waals surface area contributed by atoms with Gasteiger partial charge < -0.3 is 18.8 Å². The van der Waals surface area contributed by atoms with Gasteiger partial charge in [-0.25, -0.2) is 0 Å². The molecule has 0 saturated carbocycles. The lowest BCUT2D eigenvalue weighted by Gasteiger charge is -2.27. The van der Waals surface area contributed by atoms with E-state index in [2.05, 4.69) is 0 Å². The van der Waals surface area contributed by atoms with E-state index in [0.717, 1.165) is 22.9 Å². The first-order valence-electron chi connectivity index (χ1n) is 9.65. The van der Waals surface area contributed by atoms with E-state index in [1.165, 1.54) is 0 Å². The fourth-order valence-corrected chi connectivity index (χ4v) is 3.24. The minimum absolute atomic E-state index is 0.147. The van der Waals surface area contributed by atoms with Crippen LogP contribution in [0.2, 0.25) is 0 Å². The molecule has 2 aromatic rings. The topological polar surface area (TPSA) is 66.8 Å². The summed E-state index contributed by atoms with van der Waals surface area (Å²) >= 11 is 0. The molecular formula is C22H27NO5. The lowest BCUT2D eigenvalue weighted by Crippen LogP contribution is -2.33. The summed E-state index contributed by atoms with van der Waals surface area (Å²) in [6, 6.07) is 9.43. The van der Waals surface area contributed by atoms with Crippen LogP contribution in [-0.4, -0.2) is 35.6 Å². The molecule has 0 spiro atoms. The van der Waals surface area contributed by atoms with Crippen LogP contribution < -0.4 is 9.47 Å². The number of aryl methyl sites for hydroxylation is 1. The third-order valence-electron chi connectivity index (χ3n) is 5.19. The van der Waals surface area contributed by atoms with Crippen molar-refractivity contribution in [3.05, 3.63) is 47.3 Å². The van der Waals surface area contributed by atoms with Crippen LogP contribution in [0, 0.1) is 19.8 Å². The maximum Gasteiger partial charge on any atom is 0.309 e. The molecule has 2 unspecified atom stereocenters. The minimum Gasteiger partial charge on any atom is -0.486 e. The van der Waals surface area contributed by atoms with Crippen molar-refractivity contribution < 1.29 is 23.8 Å². The van der Waals surface area contributed by atoms with Gasteiger partial charge in [0, 0.05) is 17.0 Å². The zero-order valence-corrected chi connectivity index (χ0v) is 16.9. The van der Waals surface area contributed by atoms with E-state index in [1.807, 2.05) is 55.7 Å². The van der Waals surface area contributed by atoms with Crippen molar-refractivity contribution in [2.24, 2.45) is 5.92 Å². The fourth-order valence-electron chi connectivity index (χ4n) is 3.24. The van der Waals surface area contributed by atoms with Crippen LogP contribution in [0.5, 0.6) is 11.5 Å². The summed E-state index contributed by atoms with van der Waals surface area (Å²) in [7, 11) is 0. The van der Waals surface area contributed by atoms with Crippen LogP contribution in [0.15, 0.2) is 30.3 Å². The second-order valence-electron chi connectivity index (χ2n) is 7.23. The van der Waals surface area contributed by atoms with Gasteiger partial charge in [-0.3, -0.25) is 9.59 Å². The highest BCUT2D eigenvalue weighted by Crippen LogP contribution is 2.31. The summed E-state index contributed by atoms with van der Waals surface area (Å²) in [6.07, 6.45) is 0.541. The van der Waals surface area contributed by atoms with Gasteiger partial charge in [0.15, 0.2) is 24.2 Å². The number of ether oxygens (including phenoxy) is 3. The molecule has 1 aromatic heterocycles. The highest BCUT2D eigenvalue weighted by atomic mass is 16.6. The molecule has 150 valence electrons. The van der Waals surface area contributed by atoms with E-state index in [-0.39, 0.29) is 30.4 Å². The van der Waals surface area contributed by atoms with Crippen LogP contribution >= 0.6 is 0 Å². The van der Waals surface area contributed by atoms with Crippen molar-refractivity contribution >= 4 is 11.8 Å². The molecule has 0 radical (unpaired) electrons. The van der Waals surface area contributed by atoms with Crippen LogP contribution in [0.1, 0.15) is 42.0 Å². The zero-order chi connectivity index (χ0) is 20.3. The van der Waals surface area contributed by atoms with E-state index in [9.17, 15) is 9.59 Å². The maximum absolute atomic E-state index is 12.6. The Hall–Kier alpha value is -2.76. The van der Waals surface area contributed by atoms with Gasteiger partial charge in [0.1, 0.15) is 6.61 Å². The second kappa shape index (κ2) is 8.50. The van der Waals surface area contributed by atoms with Crippen LogP contribution in [-0.2, 0) is 16.1 Å². The molecule has 28 heavy (non-hydrogen) atoms. The van der Waals surface area contributed by atoms with Gasteiger partial charge in [0.2, 0.25) is 5.78 Å². The molecule has 0 amide bonds. The predicted molar refractivity (Wildman–Crippen MR) is 105 cm³/mol. The number of aromatic nitrogens is 1. The Morgan fingerprint density at radius 2 is 1.96 bits per heavy atom. The molecule has 2 heterocycles. The Morgan fingerprint density at radius 1 is 1.25 bits per heavy atom. The third-order valence-corrected chi connectivity index (χ3v) is 5.19. The van der Waals surface area contributed by atoms with Gasteiger partial charge in [-0.15, -0.1) is 0 Å². The lowest BCUT2D eigenvalue weighted by atomic mass is 10.1. The Kier molecular flexibility index (Phi) is 6.07. The maximum atomic E-state index is 12.6. The highest BCUT2D eigenvalue weighted by Gasteiger charge is 2.24. The van der Waals surface area contributed by atoms with Crippen molar-refractivity contribution in [3.63, 3.8) is 0 Å². The van der Waals surface area contributed by atoms with Crippen molar-refractivity contribution in [1.82, 2.24) is 4.57 Å². The standard InChI is InChI=1S/C22H27NO5/c1-5-14(2)22(25)27-13-19(24)18-10-15(3)23(16(18)4)11-17-12-26-20-8-6-7-9-21(20)28-17/h6-10,14,17H,5,11-13H2,1-4H3. The van der Waals surface area contributed by atoms with Crippen molar-refractivity contribution in [3.8, 4) is 11.5 Å². The van der Waals surface area contributed by atoms with E-state index < -0.39 is 0 Å². The largest absolute Gasteiger partial charge is 0.486 e. The van der Waals surface area contributed by atoms with Gasteiger partial charge in [0.05, 0.1) is 12.5 Å². The first-order chi connectivity index (χ1) is 13.4. The Bertz CT molecular complexity index is 870.